The van der Waals surface area contributed by atoms with E-state index in [-0.39, 0.29) is 0 Å². The van der Waals surface area contributed by atoms with E-state index >= 15 is 0 Å². The molecule has 0 bridgehead atoms. The Morgan fingerprint density at radius 3 is 2.93 bits per heavy atom. The summed E-state index contributed by atoms with van der Waals surface area (Å²) in [5, 5.41) is 21.2. The zero-order valence-electron chi connectivity index (χ0n) is 9.27. The highest BCUT2D eigenvalue weighted by molar-refractivity contribution is 4.99. The summed E-state index contributed by atoms with van der Waals surface area (Å²) < 4.78 is 1.65. The number of aliphatic hydroxyl groups is 1. The maximum atomic E-state index is 10.1. The first-order chi connectivity index (χ1) is 7.05. The van der Waals surface area contributed by atoms with Gasteiger partial charge >= 0.3 is 0 Å². The van der Waals surface area contributed by atoms with E-state index in [1.54, 1.807) is 4.68 Å². The first-order valence-electron chi connectivity index (χ1n) is 5.36. The van der Waals surface area contributed by atoms with E-state index < -0.39 is 5.60 Å². The summed E-state index contributed by atoms with van der Waals surface area (Å²) in [6.45, 7) is 2.45. The van der Waals surface area contributed by atoms with Crippen LogP contribution in [0.15, 0.2) is 6.20 Å². The summed E-state index contributed by atoms with van der Waals surface area (Å²) in [7, 11) is 1.83. The van der Waals surface area contributed by atoms with Crippen molar-refractivity contribution in [2.45, 2.75) is 37.8 Å². The highest BCUT2D eigenvalue weighted by Crippen LogP contribution is 2.20. The molecule has 2 rings (SSSR count). The molecule has 1 aromatic heterocycles. The van der Waals surface area contributed by atoms with Crippen molar-refractivity contribution in [2.24, 2.45) is 7.05 Å². The fourth-order valence-corrected chi connectivity index (χ4v) is 1.58. The monoisotopic (exact) mass is 210 g/mol. The van der Waals surface area contributed by atoms with Gasteiger partial charge in [-0.1, -0.05) is 5.21 Å². The fraction of sp³-hybridized carbons (Fsp3) is 0.800. The van der Waals surface area contributed by atoms with Gasteiger partial charge in [-0.3, -0.25) is 4.68 Å². The molecule has 0 spiro atoms. The molecule has 5 nitrogen and oxygen atoms in total. The van der Waals surface area contributed by atoms with Gasteiger partial charge < -0.3 is 10.4 Å². The van der Waals surface area contributed by atoms with Crippen LogP contribution < -0.4 is 5.32 Å². The van der Waals surface area contributed by atoms with Crippen molar-refractivity contribution in [2.75, 3.05) is 6.54 Å². The van der Waals surface area contributed by atoms with E-state index in [1.807, 2.05) is 20.2 Å². The van der Waals surface area contributed by atoms with Crippen LogP contribution in [0.25, 0.3) is 0 Å². The van der Waals surface area contributed by atoms with E-state index in [9.17, 15) is 5.11 Å². The van der Waals surface area contributed by atoms with Crippen LogP contribution >= 0.6 is 0 Å². The number of hydrogen-bond donors (Lipinski definition) is 2. The maximum Gasteiger partial charge on any atom is 0.0856 e. The van der Waals surface area contributed by atoms with Gasteiger partial charge in [0.05, 0.1) is 11.3 Å². The summed E-state index contributed by atoms with van der Waals surface area (Å²) in [5.41, 5.74) is 0.0959. The Morgan fingerprint density at radius 2 is 2.40 bits per heavy atom. The van der Waals surface area contributed by atoms with Gasteiger partial charge in [0, 0.05) is 32.3 Å². The quantitative estimate of drug-likeness (QED) is 0.710. The van der Waals surface area contributed by atoms with Crippen LogP contribution in [0, 0.1) is 0 Å². The fourth-order valence-electron chi connectivity index (χ4n) is 1.58. The molecule has 1 atom stereocenters. The van der Waals surface area contributed by atoms with Crippen molar-refractivity contribution in [3.05, 3.63) is 11.9 Å². The Labute approximate surface area is 89.5 Å². The van der Waals surface area contributed by atoms with Crippen molar-refractivity contribution in [3.8, 4) is 0 Å². The topological polar surface area (TPSA) is 63.0 Å². The van der Waals surface area contributed by atoms with Gasteiger partial charge in [0.1, 0.15) is 0 Å². The number of aromatic nitrogens is 3. The van der Waals surface area contributed by atoms with E-state index in [0.29, 0.717) is 19.0 Å². The third-order valence-electron chi connectivity index (χ3n) is 2.56. The molecule has 1 unspecified atom stereocenters. The Bertz CT molecular complexity index is 330. The first-order valence-corrected chi connectivity index (χ1v) is 5.36. The van der Waals surface area contributed by atoms with Crippen LogP contribution in [-0.2, 0) is 13.5 Å². The molecule has 1 heterocycles. The summed E-state index contributed by atoms with van der Waals surface area (Å²) in [6.07, 6.45) is 4.86. The van der Waals surface area contributed by atoms with Gasteiger partial charge in [-0.25, -0.2) is 0 Å². The Kier molecular flexibility index (Phi) is 2.75. The van der Waals surface area contributed by atoms with Crippen molar-refractivity contribution in [3.63, 3.8) is 0 Å². The highest BCUT2D eigenvalue weighted by atomic mass is 16.3. The molecule has 1 aliphatic rings. The molecule has 5 heteroatoms. The van der Waals surface area contributed by atoms with Gasteiger partial charge in [-0.2, -0.15) is 0 Å². The maximum absolute atomic E-state index is 10.1. The van der Waals surface area contributed by atoms with Crippen LogP contribution in [0.3, 0.4) is 0 Å². The molecule has 1 fully saturated rings. The third kappa shape index (κ3) is 3.28. The van der Waals surface area contributed by atoms with Gasteiger partial charge in [0.2, 0.25) is 0 Å². The normalized spacial score (nSPS) is 20.2. The molecule has 0 aliphatic heterocycles. The minimum absolute atomic E-state index is 0.542. The second-order valence-electron chi connectivity index (χ2n) is 4.71. The van der Waals surface area contributed by atoms with Crippen molar-refractivity contribution < 1.29 is 5.11 Å². The Balaban J connectivity index is 1.84. The predicted octanol–water partition coefficient (Wildman–Crippen LogP) is -0.139. The molecule has 84 valence electrons. The van der Waals surface area contributed by atoms with Crippen LogP contribution in [0.2, 0.25) is 0 Å². The number of nitrogens with one attached hydrogen (secondary N) is 1. The number of nitrogens with zero attached hydrogens (tertiary/aromatic N) is 3. The lowest BCUT2D eigenvalue weighted by Gasteiger charge is -2.22. The smallest absolute Gasteiger partial charge is 0.0856 e. The Morgan fingerprint density at radius 1 is 1.67 bits per heavy atom. The molecule has 1 aromatic rings. The zero-order chi connectivity index (χ0) is 10.9. The summed E-state index contributed by atoms with van der Waals surface area (Å²) in [5.74, 6) is 0. The molecule has 1 aliphatic carbocycles. The van der Waals surface area contributed by atoms with Gasteiger partial charge in [0.15, 0.2) is 0 Å². The standard InChI is InChI=1S/C10H18N4O/c1-10(15,7-11-8-3-4-8)5-9-6-14(2)13-12-9/h6,8,11,15H,3-5,7H2,1-2H3. The van der Waals surface area contributed by atoms with Crippen LogP contribution in [0.1, 0.15) is 25.5 Å². The van der Waals surface area contributed by atoms with Gasteiger partial charge in [0.25, 0.3) is 0 Å². The molecule has 1 saturated carbocycles. The van der Waals surface area contributed by atoms with Crippen LogP contribution in [0.4, 0.5) is 0 Å². The first kappa shape index (κ1) is 10.6. The van der Waals surface area contributed by atoms with Crippen molar-refractivity contribution in [1.82, 2.24) is 20.3 Å². The molecule has 2 N–H and O–H groups in total. The molecule has 0 saturated heterocycles. The lowest BCUT2D eigenvalue weighted by atomic mass is 10.0. The molecule has 0 radical (unpaired) electrons. The molecule has 0 aromatic carbocycles. The average molecular weight is 210 g/mol. The van der Waals surface area contributed by atoms with E-state index in [2.05, 4.69) is 15.6 Å². The van der Waals surface area contributed by atoms with E-state index in [4.69, 9.17) is 0 Å². The predicted molar refractivity (Wildman–Crippen MR) is 56.4 cm³/mol. The average Bonchev–Trinajstić information content (AvgIpc) is 2.88. The SMILES string of the molecule is Cn1cc(CC(C)(O)CNC2CC2)nn1. The minimum atomic E-state index is -0.737. The van der Waals surface area contributed by atoms with E-state index in [1.165, 1.54) is 12.8 Å². The zero-order valence-corrected chi connectivity index (χ0v) is 9.27. The summed E-state index contributed by atoms with van der Waals surface area (Å²) >= 11 is 0. The second kappa shape index (κ2) is 3.90. The van der Waals surface area contributed by atoms with Gasteiger partial charge in [-0.05, 0) is 19.8 Å². The van der Waals surface area contributed by atoms with E-state index in [0.717, 1.165) is 5.69 Å². The van der Waals surface area contributed by atoms with Crippen LogP contribution in [0.5, 0.6) is 0 Å². The number of hydrogen-bond acceptors (Lipinski definition) is 4. The van der Waals surface area contributed by atoms with Crippen LogP contribution in [-0.4, -0.2) is 38.3 Å². The lowest BCUT2D eigenvalue weighted by molar-refractivity contribution is 0.0587. The molecular formula is C10H18N4O. The minimum Gasteiger partial charge on any atom is -0.388 e. The number of rotatable bonds is 5. The number of aryl methyl sites for hydroxylation is 1. The second-order valence-corrected chi connectivity index (χ2v) is 4.71. The third-order valence-corrected chi connectivity index (χ3v) is 2.56. The summed E-state index contributed by atoms with van der Waals surface area (Å²) in [6, 6.07) is 0.623. The molecule has 15 heavy (non-hydrogen) atoms. The van der Waals surface area contributed by atoms with Crippen molar-refractivity contribution in [1.29, 1.82) is 0 Å². The van der Waals surface area contributed by atoms with Crippen molar-refractivity contribution >= 4 is 0 Å². The van der Waals surface area contributed by atoms with Gasteiger partial charge in [-0.15, -0.1) is 5.10 Å². The summed E-state index contributed by atoms with van der Waals surface area (Å²) in [4.78, 5) is 0. The largest absolute Gasteiger partial charge is 0.388 e. The Hall–Kier alpha value is -0.940. The molecule has 0 amide bonds. The molecular weight excluding hydrogens is 192 g/mol. The highest BCUT2D eigenvalue weighted by Gasteiger charge is 2.27. The lowest BCUT2D eigenvalue weighted by Crippen LogP contribution is -2.40.